The molecule has 0 spiro atoms. The maximum atomic E-state index is 10.7. The van der Waals surface area contributed by atoms with Crippen LogP contribution in [0.4, 0.5) is 0 Å². The molecule has 0 aromatic carbocycles. The van der Waals surface area contributed by atoms with Gasteiger partial charge in [0.2, 0.25) is 0 Å². The molecule has 3 aliphatic carbocycles. The molecule has 22 heavy (non-hydrogen) atoms. The molecule has 1 aliphatic heterocycles. The van der Waals surface area contributed by atoms with Gasteiger partial charge in [-0.15, -0.1) is 6.58 Å². The third kappa shape index (κ3) is 2.19. The molecule has 4 heteroatoms. The van der Waals surface area contributed by atoms with E-state index in [1.165, 1.54) is 0 Å². The summed E-state index contributed by atoms with van der Waals surface area (Å²) >= 11 is 0. The van der Waals surface area contributed by atoms with Crippen LogP contribution in [0.1, 0.15) is 54.4 Å². The Hall–Kier alpha value is -0.420. The van der Waals surface area contributed by atoms with Gasteiger partial charge in [0.1, 0.15) is 11.7 Å². The second-order valence-electron chi connectivity index (χ2n) is 8.90. The van der Waals surface area contributed by atoms with Crippen LogP contribution in [-0.4, -0.2) is 40.4 Å². The summed E-state index contributed by atoms with van der Waals surface area (Å²) in [4.78, 5) is 0. The van der Waals surface area contributed by atoms with Crippen molar-refractivity contribution in [2.75, 3.05) is 0 Å². The molecule has 4 rings (SSSR count). The molecule has 126 valence electrons. The van der Waals surface area contributed by atoms with Crippen LogP contribution in [-0.2, 0) is 14.2 Å². The lowest BCUT2D eigenvalue weighted by molar-refractivity contribution is -0.255. The maximum Gasteiger partial charge on any atom is 0.164 e. The Morgan fingerprint density at radius 2 is 1.91 bits per heavy atom. The molecule has 2 bridgehead atoms. The molecular weight excluding hydrogens is 280 g/mol. The van der Waals surface area contributed by atoms with Crippen LogP contribution >= 0.6 is 0 Å². The van der Waals surface area contributed by atoms with E-state index in [9.17, 15) is 5.11 Å². The Bertz CT molecular complexity index is 480. The van der Waals surface area contributed by atoms with E-state index in [1.807, 2.05) is 19.9 Å². The van der Waals surface area contributed by atoms with Gasteiger partial charge in [0, 0.05) is 11.3 Å². The van der Waals surface area contributed by atoms with E-state index in [0.717, 1.165) is 6.42 Å². The Labute approximate surface area is 133 Å². The second-order valence-corrected chi connectivity index (χ2v) is 8.90. The van der Waals surface area contributed by atoms with Crippen LogP contribution in [0, 0.1) is 11.3 Å². The SMILES string of the molecule is C=C[C@@]12OC(C)(C)O[C@@H]1[C@]1(C)C[C@H](O)[C@H]2C[C@@H]1OC(C)(C)C. The van der Waals surface area contributed by atoms with E-state index in [4.69, 9.17) is 14.2 Å². The predicted molar refractivity (Wildman–Crippen MR) is 84.4 cm³/mol. The molecule has 0 unspecified atom stereocenters. The summed E-state index contributed by atoms with van der Waals surface area (Å²) < 4.78 is 18.9. The van der Waals surface area contributed by atoms with Gasteiger partial charge < -0.3 is 19.3 Å². The number of hydrogen-bond acceptors (Lipinski definition) is 4. The van der Waals surface area contributed by atoms with Gasteiger partial charge in [-0.05, 0) is 47.5 Å². The van der Waals surface area contributed by atoms with E-state index in [2.05, 4.69) is 34.3 Å². The Morgan fingerprint density at radius 1 is 1.27 bits per heavy atom. The normalized spacial score (nSPS) is 50.0. The molecule has 0 radical (unpaired) electrons. The number of aliphatic hydroxyl groups is 1. The third-order valence-electron chi connectivity index (χ3n) is 5.54. The molecule has 4 fully saturated rings. The molecule has 4 aliphatic rings. The maximum absolute atomic E-state index is 10.7. The molecule has 0 aromatic rings. The quantitative estimate of drug-likeness (QED) is 0.797. The summed E-state index contributed by atoms with van der Waals surface area (Å²) in [6.45, 7) is 16.3. The lowest BCUT2D eigenvalue weighted by Gasteiger charge is -2.61. The van der Waals surface area contributed by atoms with E-state index in [-0.39, 0.29) is 29.1 Å². The van der Waals surface area contributed by atoms with Crippen LogP contribution in [0.3, 0.4) is 0 Å². The molecule has 0 amide bonds. The number of rotatable bonds is 2. The highest BCUT2D eigenvalue weighted by molar-refractivity contribution is 5.25. The molecule has 6 atom stereocenters. The zero-order valence-corrected chi connectivity index (χ0v) is 14.7. The summed E-state index contributed by atoms with van der Waals surface area (Å²) in [5.74, 6) is -0.704. The first-order valence-corrected chi connectivity index (χ1v) is 8.31. The van der Waals surface area contributed by atoms with Crippen molar-refractivity contribution in [3.63, 3.8) is 0 Å². The molecule has 1 saturated heterocycles. The number of ether oxygens (including phenoxy) is 3. The number of fused-ring (bicyclic) bond motifs is 2. The van der Waals surface area contributed by atoms with Crippen molar-refractivity contribution in [3.05, 3.63) is 12.7 Å². The van der Waals surface area contributed by atoms with Crippen LogP contribution in [0.2, 0.25) is 0 Å². The van der Waals surface area contributed by atoms with Gasteiger partial charge in [-0.25, -0.2) is 0 Å². The minimum Gasteiger partial charge on any atom is -0.393 e. The number of hydrogen-bond donors (Lipinski definition) is 1. The first kappa shape index (κ1) is 16.4. The molecule has 1 heterocycles. The summed E-state index contributed by atoms with van der Waals surface area (Å²) in [5, 5.41) is 10.7. The van der Waals surface area contributed by atoms with Gasteiger partial charge >= 0.3 is 0 Å². The van der Waals surface area contributed by atoms with Crippen LogP contribution in [0.25, 0.3) is 0 Å². The Balaban J connectivity index is 2.03. The summed E-state index contributed by atoms with van der Waals surface area (Å²) in [6.07, 6.45) is 2.81. The fourth-order valence-electron chi connectivity index (χ4n) is 4.85. The minimum absolute atomic E-state index is 0.0362. The largest absolute Gasteiger partial charge is 0.393 e. The van der Waals surface area contributed by atoms with Crippen LogP contribution in [0.15, 0.2) is 12.7 Å². The van der Waals surface area contributed by atoms with Crippen molar-refractivity contribution in [2.45, 2.75) is 89.7 Å². The van der Waals surface area contributed by atoms with Crippen molar-refractivity contribution in [3.8, 4) is 0 Å². The van der Waals surface area contributed by atoms with Crippen molar-refractivity contribution >= 4 is 0 Å². The standard InChI is InChI=1S/C18H30O4/c1-8-18-11-9-13(20-15(2,3)4)17(7,10-12(11)19)14(18)21-16(5,6)22-18/h8,11-14,19H,1,9-10H2,2-7H3/t11-,12+,13+,14-,17-,18+/m1/s1. The van der Waals surface area contributed by atoms with E-state index in [0.29, 0.717) is 6.42 Å². The molecule has 3 saturated carbocycles. The molecule has 0 aromatic heterocycles. The monoisotopic (exact) mass is 310 g/mol. The van der Waals surface area contributed by atoms with Gasteiger partial charge in [0.05, 0.1) is 17.8 Å². The van der Waals surface area contributed by atoms with Crippen molar-refractivity contribution in [2.24, 2.45) is 11.3 Å². The molecule has 4 nitrogen and oxygen atoms in total. The number of aliphatic hydroxyl groups excluding tert-OH is 1. The lowest BCUT2D eigenvalue weighted by atomic mass is 9.50. The van der Waals surface area contributed by atoms with Crippen molar-refractivity contribution < 1.29 is 19.3 Å². The fraction of sp³-hybridized carbons (Fsp3) is 0.889. The minimum atomic E-state index is -0.668. The molecule has 1 N–H and O–H groups in total. The van der Waals surface area contributed by atoms with Crippen LogP contribution in [0.5, 0.6) is 0 Å². The van der Waals surface area contributed by atoms with Gasteiger partial charge in [0.15, 0.2) is 5.79 Å². The first-order valence-electron chi connectivity index (χ1n) is 8.31. The van der Waals surface area contributed by atoms with Gasteiger partial charge in [-0.1, -0.05) is 13.0 Å². The second kappa shape index (κ2) is 4.56. The molecular formula is C18H30O4. The van der Waals surface area contributed by atoms with Gasteiger partial charge in [-0.3, -0.25) is 0 Å². The van der Waals surface area contributed by atoms with E-state index >= 15 is 0 Å². The summed E-state index contributed by atoms with van der Waals surface area (Å²) in [6, 6.07) is 0. The van der Waals surface area contributed by atoms with Crippen LogP contribution < -0.4 is 0 Å². The highest BCUT2D eigenvalue weighted by Crippen LogP contribution is 2.63. The predicted octanol–water partition coefficient (Wildman–Crippen LogP) is 3.04. The van der Waals surface area contributed by atoms with E-state index in [1.54, 1.807) is 0 Å². The average Bonchev–Trinajstić information content (AvgIpc) is 2.64. The van der Waals surface area contributed by atoms with Gasteiger partial charge in [0.25, 0.3) is 0 Å². The van der Waals surface area contributed by atoms with Crippen molar-refractivity contribution in [1.82, 2.24) is 0 Å². The smallest absolute Gasteiger partial charge is 0.164 e. The Kier molecular flexibility index (Phi) is 3.41. The topological polar surface area (TPSA) is 47.9 Å². The summed E-state index contributed by atoms with van der Waals surface area (Å²) in [7, 11) is 0. The Morgan fingerprint density at radius 3 is 2.45 bits per heavy atom. The fourth-order valence-corrected chi connectivity index (χ4v) is 4.85. The van der Waals surface area contributed by atoms with E-state index < -0.39 is 17.5 Å². The first-order chi connectivity index (χ1) is 9.94. The lowest BCUT2D eigenvalue weighted by Crippen LogP contribution is -2.70. The highest BCUT2D eigenvalue weighted by atomic mass is 16.8. The zero-order valence-electron chi connectivity index (χ0n) is 14.7. The van der Waals surface area contributed by atoms with Crippen molar-refractivity contribution in [1.29, 1.82) is 0 Å². The zero-order chi connectivity index (χ0) is 16.6. The van der Waals surface area contributed by atoms with Gasteiger partial charge in [-0.2, -0.15) is 0 Å². The highest BCUT2D eigenvalue weighted by Gasteiger charge is 2.72. The third-order valence-corrected chi connectivity index (χ3v) is 5.54. The average molecular weight is 310 g/mol. The summed E-state index contributed by atoms with van der Waals surface area (Å²) in [5.41, 5.74) is -1.13.